The van der Waals surface area contributed by atoms with E-state index in [2.05, 4.69) is 18.8 Å². The molecular weight excluding hydrogens is 268 g/mol. The molecule has 1 aliphatic heterocycles. The zero-order valence-electron chi connectivity index (χ0n) is 13.1. The Hall–Kier alpha value is -2.13. The summed E-state index contributed by atoms with van der Waals surface area (Å²) < 4.78 is 5.45. The van der Waals surface area contributed by atoms with Crippen LogP contribution in [0.3, 0.4) is 0 Å². The highest BCUT2D eigenvalue weighted by atomic mass is 16.6. The molecule has 0 aromatic heterocycles. The molecule has 0 saturated heterocycles. The number of carbonyl (C=O) groups excluding carboxylic acids is 2. The Morgan fingerprint density at radius 1 is 1.38 bits per heavy atom. The Labute approximate surface area is 124 Å². The van der Waals surface area contributed by atoms with E-state index in [4.69, 9.17) is 4.74 Å². The molecule has 0 radical (unpaired) electrons. The molecule has 1 amide bonds. The van der Waals surface area contributed by atoms with E-state index in [1.165, 1.54) is 6.08 Å². The van der Waals surface area contributed by atoms with Gasteiger partial charge in [0.15, 0.2) is 0 Å². The van der Waals surface area contributed by atoms with Gasteiger partial charge >= 0.3 is 6.09 Å². The lowest BCUT2D eigenvalue weighted by Gasteiger charge is -2.26. The smallest absolute Gasteiger partial charge is 0.414 e. The Kier molecular flexibility index (Phi) is 3.64. The molecule has 0 saturated carbocycles. The van der Waals surface area contributed by atoms with Gasteiger partial charge in [0.2, 0.25) is 6.08 Å². The third kappa shape index (κ3) is 3.14. The van der Waals surface area contributed by atoms with E-state index >= 15 is 0 Å². The van der Waals surface area contributed by atoms with Gasteiger partial charge in [0, 0.05) is 12.0 Å². The minimum atomic E-state index is -0.553. The maximum atomic E-state index is 12.4. The molecule has 2 rings (SSSR count). The lowest BCUT2D eigenvalue weighted by molar-refractivity contribution is 0.0579. The number of isocyanates is 1. The van der Waals surface area contributed by atoms with Gasteiger partial charge in [-0.3, -0.25) is 4.90 Å². The van der Waals surface area contributed by atoms with Crippen molar-refractivity contribution in [2.24, 2.45) is 4.99 Å². The third-order valence-electron chi connectivity index (χ3n) is 3.34. The first-order chi connectivity index (χ1) is 9.64. The van der Waals surface area contributed by atoms with Crippen molar-refractivity contribution in [2.45, 2.75) is 45.6 Å². The van der Waals surface area contributed by atoms with Gasteiger partial charge in [-0.15, -0.1) is 0 Å². The van der Waals surface area contributed by atoms with E-state index in [0.717, 1.165) is 11.3 Å². The summed E-state index contributed by atoms with van der Waals surface area (Å²) >= 11 is 0. The lowest BCUT2D eigenvalue weighted by atomic mass is 9.87. The zero-order valence-corrected chi connectivity index (χ0v) is 13.1. The van der Waals surface area contributed by atoms with Gasteiger partial charge in [0.1, 0.15) is 5.60 Å². The van der Waals surface area contributed by atoms with Crippen LogP contribution in [0.1, 0.15) is 40.2 Å². The molecule has 0 bridgehead atoms. The number of fused-ring (bicyclic) bond motifs is 1. The van der Waals surface area contributed by atoms with E-state index in [1.54, 1.807) is 17.0 Å². The van der Waals surface area contributed by atoms with Crippen molar-refractivity contribution in [1.29, 1.82) is 0 Å². The monoisotopic (exact) mass is 288 g/mol. The van der Waals surface area contributed by atoms with Crippen LogP contribution >= 0.6 is 0 Å². The average Bonchev–Trinajstić information content (AvgIpc) is 2.60. The third-order valence-corrected chi connectivity index (χ3v) is 3.34. The number of hydrogen-bond acceptors (Lipinski definition) is 4. The van der Waals surface area contributed by atoms with Crippen LogP contribution < -0.4 is 4.90 Å². The molecule has 5 heteroatoms. The standard InChI is InChI=1S/C16H20N2O3/c1-15(2,3)21-14(20)18-9-16(4,5)12-7-6-11(17-10-19)8-13(12)18/h6-8H,9H2,1-5H3. The van der Waals surface area contributed by atoms with E-state index in [-0.39, 0.29) is 11.5 Å². The number of aliphatic imine (C=N–C) groups is 1. The predicted molar refractivity (Wildman–Crippen MR) is 80.8 cm³/mol. The number of amides is 1. The van der Waals surface area contributed by atoms with Crippen molar-refractivity contribution in [3.05, 3.63) is 23.8 Å². The maximum Gasteiger partial charge on any atom is 0.414 e. The first kappa shape index (κ1) is 15.3. The first-order valence-electron chi connectivity index (χ1n) is 6.87. The summed E-state index contributed by atoms with van der Waals surface area (Å²) in [7, 11) is 0. The van der Waals surface area contributed by atoms with Crippen LogP contribution in [0.25, 0.3) is 0 Å². The molecule has 0 N–H and O–H groups in total. The van der Waals surface area contributed by atoms with Crippen molar-refractivity contribution < 1.29 is 14.3 Å². The fourth-order valence-electron chi connectivity index (χ4n) is 2.48. The minimum Gasteiger partial charge on any atom is -0.443 e. The topological polar surface area (TPSA) is 59.0 Å². The molecule has 0 aliphatic carbocycles. The van der Waals surface area contributed by atoms with Crippen LogP contribution in [-0.2, 0) is 14.9 Å². The average molecular weight is 288 g/mol. The summed E-state index contributed by atoms with van der Waals surface area (Å²) in [4.78, 5) is 28.0. The van der Waals surface area contributed by atoms with E-state index in [9.17, 15) is 9.59 Å². The lowest BCUT2D eigenvalue weighted by Crippen LogP contribution is -2.38. The second kappa shape index (κ2) is 5.01. The fraction of sp³-hybridized carbons (Fsp3) is 0.500. The van der Waals surface area contributed by atoms with E-state index in [0.29, 0.717) is 12.2 Å². The van der Waals surface area contributed by atoms with Gasteiger partial charge < -0.3 is 4.74 Å². The second-order valence-electron chi connectivity index (χ2n) is 6.85. The van der Waals surface area contributed by atoms with Crippen LogP contribution in [0.15, 0.2) is 23.2 Å². The first-order valence-corrected chi connectivity index (χ1v) is 6.87. The van der Waals surface area contributed by atoms with Crippen molar-refractivity contribution in [2.75, 3.05) is 11.4 Å². The maximum absolute atomic E-state index is 12.4. The number of anilines is 1. The number of carbonyl (C=O) groups is 1. The summed E-state index contributed by atoms with van der Waals surface area (Å²) in [6, 6.07) is 5.37. The molecule has 21 heavy (non-hydrogen) atoms. The van der Waals surface area contributed by atoms with Gasteiger partial charge in [-0.2, -0.15) is 4.99 Å². The Balaban J connectivity index is 2.42. The number of ether oxygens (including phenoxy) is 1. The molecule has 0 atom stereocenters. The Morgan fingerprint density at radius 2 is 2.05 bits per heavy atom. The number of hydrogen-bond donors (Lipinski definition) is 0. The van der Waals surface area contributed by atoms with Crippen LogP contribution in [0.5, 0.6) is 0 Å². The number of benzene rings is 1. The molecule has 0 spiro atoms. The summed E-state index contributed by atoms with van der Waals surface area (Å²) in [5.41, 5.74) is 1.54. The van der Waals surface area contributed by atoms with Gasteiger partial charge in [0.25, 0.3) is 0 Å². The second-order valence-corrected chi connectivity index (χ2v) is 6.85. The summed E-state index contributed by atoms with van der Waals surface area (Å²) in [6.07, 6.45) is 1.13. The fourth-order valence-corrected chi connectivity index (χ4v) is 2.48. The highest BCUT2D eigenvalue weighted by molar-refractivity contribution is 5.92. The van der Waals surface area contributed by atoms with Crippen molar-refractivity contribution >= 4 is 23.5 Å². The molecule has 0 unspecified atom stereocenters. The predicted octanol–water partition coefficient (Wildman–Crippen LogP) is 3.69. The normalized spacial score (nSPS) is 16.1. The molecule has 1 aliphatic rings. The van der Waals surface area contributed by atoms with Gasteiger partial charge in [-0.25, -0.2) is 9.59 Å². The van der Waals surface area contributed by atoms with Gasteiger partial charge in [-0.1, -0.05) is 19.9 Å². The highest BCUT2D eigenvalue weighted by Crippen LogP contribution is 2.42. The summed E-state index contributed by atoms with van der Waals surface area (Å²) in [6.45, 7) is 10.2. The Bertz CT molecular complexity index is 623. The Morgan fingerprint density at radius 3 is 2.62 bits per heavy atom. The van der Waals surface area contributed by atoms with Crippen LogP contribution in [0.2, 0.25) is 0 Å². The van der Waals surface area contributed by atoms with Gasteiger partial charge in [-0.05, 0) is 38.5 Å². The highest BCUT2D eigenvalue weighted by Gasteiger charge is 2.39. The SMILES string of the molecule is CC(C)(C)OC(=O)N1CC(C)(C)c2ccc(N=C=O)cc21. The summed E-state index contributed by atoms with van der Waals surface area (Å²) in [5, 5.41) is 0. The van der Waals surface area contributed by atoms with Gasteiger partial charge in [0.05, 0.1) is 11.4 Å². The quantitative estimate of drug-likeness (QED) is 0.585. The minimum absolute atomic E-state index is 0.171. The molecule has 1 aromatic carbocycles. The zero-order chi connectivity index (χ0) is 15.8. The van der Waals surface area contributed by atoms with Crippen molar-refractivity contribution in [3.8, 4) is 0 Å². The van der Waals surface area contributed by atoms with Crippen LogP contribution in [0, 0.1) is 0 Å². The van der Waals surface area contributed by atoms with Crippen molar-refractivity contribution in [3.63, 3.8) is 0 Å². The molecule has 0 fully saturated rings. The van der Waals surface area contributed by atoms with E-state index in [1.807, 2.05) is 26.8 Å². The molecular formula is C16H20N2O3. The van der Waals surface area contributed by atoms with Crippen molar-refractivity contribution in [1.82, 2.24) is 0 Å². The molecule has 1 aromatic rings. The van der Waals surface area contributed by atoms with Crippen LogP contribution in [-0.4, -0.2) is 24.3 Å². The van der Waals surface area contributed by atoms with Crippen LogP contribution in [0.4, 0.5) is 16.2 Å². The molecule has 1 heterocycles. The number of rotatable bonds is 1. The number of nitrogens with zero attached hydrogens (tertiary/aromatic N) is 2. The summed E-state index contributed by atoms with van der Waals surface area (Å²) in [5.74, 6) is 0. The molecule has 112 valence electrons. The largest absolute Gasteiger partial charge is 0.443 e. The molecule has 5 nitrogen and oxygen atoms in total. The van der Waals surface area contributed by atoms with E-state index < -0.39 is 5.60 Å².